The maximum Gasteiger partial charge on any atom is 0.218 e. The van der Waals surface area contributed by atoms with E-state index in [1.165, 1.54) is 12.3 Å². The molecule has 5 heterocycles. The van der Waals surface area contributed by atoms with Crippen LogP contribution in [-0.2, 0) is 13.6 Å². The van der Waals surface area contributed by atoms with Gasteiger partial charge in [0.05, 0.1) is 30.6 Å². The Morgan fingerprint density at radius 3 is 2.61 bits per heavy atom. The van der Waals surface area contributed by atoms with Gasteiger partial charge in [0.25, 0.3) is 0 Å². The lowest BCUT2D eigenvalue weighted by Crippen LogP contribution is -2.34. The van der Waals surface area contributed by atoms with Gasteiger partial charge in [0.1, 0.15) is 12.2 Å². The van der Waals surface area contributed by atoms with Crippen LogP contribution in [0.25, 0.3) is 27.1 Å². The molecule has 6 rings (SSSR count). The Balaban J connectivity index is 1.44. The number of piperidine rings is 1. The highest BCUT2D eigenvalue weighted by Crippen LogP contribution is 2.48. The maximum atomic E-state index is 13.6. The third-order valence-electron chi connectivity index (χ3n) is 7.06. The molecule has 0 saturated carbocycles. The number of benzene rings is 1. The van der Waals surface area contributed by atoms with Crippen LogP contribution >= 0.6 is 0 Å². The van der Waals surface area contributed by atoms with Gasteiger partial charge < -0.3 is 14.2 Å². The smallest absolute Gasteiger partial charge is 0.218 e. The maximum absolute atomic E-state index is 13.6. The van der Waals surface area contributed by atoms with E-state index >= 15 is 0 Å². The Morgan fingerprint density at radius 2 is 1.89 bits per heavy atom. The third-order valence-corrected chi connectivity index (χ3v) is 7.06. The summed E-state index contributed by atoms with van der Waals surface area (Å²) in [6.45, 7) is 11.1. The molecule has 0 aliphatic carbocycles. The summed E-state index contributed by atoms with van der Waals surface area (Å²) >= 11 is 0. The molecule has 2 aliphatic heterocycles. The molecule has 4 aromatic rings. The standard InChI is InChI=1S/C26H25FN8O/c1-28-23-20(21-15-31-35-10-3-13-36-26(21)35)6-5-19(18-4-7-22(27)29-14-18)24(23)34-11-8-17(9-12-34)25-32-30-16-33(25)2/h4-7,14-17H,3,8-13H2,2H3. The largest absolute Gasteiger partial charge is 0.477 e. The van der Waals surface area contributed by atoms with Gasteiger partial charge >= 0.3 is 0 Å². The molecule has 0 amide bonds. The minimum Gasteiger partial charge on any atom is -0.477 e. The summed E-state index contributed by atoms with van der Waals surface area (Å²) in [4.78, 5) is 10.2. The molecule has 0 radical (unpaired) electrons. The zero-order chi connectivity index (χ0) is 24.6. The monoisotopic (exact) mass is 484 g/mol. The summed E-state index contributed by atoms with van der Waals surface area (Å²) < 4.78 is 23.4. The molecule has 1 fully saturated rings. The van der Waals surface area contributed by atoms with Crippen LogP contribution in [-0.4, -0.2) is 49.2 Å². The second kappa shape index (κ2) is 9.07. The van der Waals surface area contributed by atoms with Crippen molar-refractivity contribution in [3.63, 3.8) is 0 Å². The molecule has 9 nitrogen and oxygen atoms in total. The second-order valence-electron chi connectivity index (χ2n) is 9.19. The zero-order valence-corrected chi connectivity index (χ0v) is 19.9. The fourth-order valence-electron chi connectivity index (χ4n) is 5.27. The minimum absolute atomic E-state index is 0.306. The molecule has 10 heteroatoms. The summed E-state index contributed by atoms with van der Waals surface area (Å²) in [5.74, 6) is 1.46. The highest BCUT2D eigenvalue weighted by atomic mass is 19.1. The van der Waals surface area contributed by atoms with Crippen molar-refractivity contribution in [2.45, 2.75) is 31.7 Å². The highest BCUT2D eigenvalue weighted by molar-refractivity contribution is 5.97. The van der Waals surface area contributed by atoms with E-state index in [9.17, 15) is 4.39 Å². The molecule has 0 atom stereocenters. The number of halogens is 1. The summed E-state index contributed by atoms with van der Waals surface area (Å²) in [6.07, 6.45) is 7.73. The third kappa shape index (κ3) is 3.77. The Kier molecular flexibility index (Phi) is 5.60. The molecule has 1 aromatic carbocycles. The number of hydrogen-bond acceptors (Lipinski definition) is 6. The molecule has 0 unspecified atom stereocenters. The summed E-state index contributed by atoms with van der Waals surface area (Å²) in [6, 6.07) is 7.01. The lowest BCUT2D eigenvalue weighted by atomic mass is 9.92. The van der Waals surface area contributed by atoms with Gasteiger partial charge in [-0.2, -0.15) is 9.49 Å². The van der Waals surface area contributed by atoms with Crippen molar-refractivity contribution in [2.75, 3.05) is 24.6 Å². The van der Waals surface area contributed by atoms with Crippen molar-refractivity contribution < 1.29 is 9.13 Å². The van der Waals surface area contributed by atoms with Crippen LogP contribution in [0.15, 0.2) is 43.0 Å². The van der Waals surface area contributed by atoms with Gasteiger partial charge in [0.2, 0.25) is 17.5 Å². The number of nitrogens with zero attached hydrogens (tertiary/aromatic N) is 8. The molecule has 0 spiro atoms. The average molecular weight is 485 g/mol. The minimum atomic E-state index is -0.532. The van der Waals surface area contributed by atoms with Crippen molar-refractivity contribution in [3.8, 4) is 28.1 Å². The number of ether oxygens (including phenoxy) is 1. The van der Waals surface area contributed by atoms with Gasteiger partial charge in [-0.1, -0.05) is 12.1 Å². The first kappa shape index (κ1) is 22.2. The highest BCUT2D eigenvalue weighted by Gasteiger charge is 2.29. The number of pyridine rings is 1. The first-order valence-corrected chi connectivity index (χ1v) is 12.1. The predicted molar refractivity (Wildman–Crippen MR) is 132 cm³/mol. The number of anilines is 1. The first-order valence-electron chi connectivity index (χ1n) is 12.1. The Labute approximate surface area is 208 Å². The Hall–Kier alpha value is -4.26. The lowest BCUT2D eigenvalue weighted by Gasteiger charge is -2.35. The topological polar surface area (TPSA) is 78.2 Å². The number of fused-ring (bicyclic) bond motifs is 1. The average Bonchev–Trinajstić information content (AvgIpc) is 3.54. The molecule has 3 aromatic heterocycles. The van der Waals surface area contributed by atoms with Crippen LogP contribution in [0, 0.1) is 12.5 Å². The normalized spacial score (nSPS) is 15.9. The van der Waals surface area contributed by atoms with Crippen LogP contribution in [0.3, 0.4) is 0 Å². The summed E-state index contributed by atoms with van der Waals surface area (Å²) in [5, 5.41) is 12.8. The second-order valence-corrected chi connectivity index (χ2v) is 9.19. The van der Waals surface area contributed by atoms with Crippen molar-refractivity contribution in [2.24, 2.45) is 7.05 Å². The van der Waals surface area contributed by atoms with Gasteiger partial charge in [-0.3, -0.25) is 0 Å². The zero-order valence-electron chi connectivity index (χ0n) is 19.9. The van der Waals surface area contributed by atoms with Crippen molar-refractivity contribution in [1.82, 2.24) is 29.5 Å². The van der Waals surface area contributed by atoms with E-state index in [2.05, 4.69) is 30.0 Å². The van der Waals surface area contributed by atoms with Gasteiger partial charge in [-0.05, 0) is 36.1 Å². The van der Waals surface area contributed by atoms with Crippen LogP contribution in [0.4, 0.5) is 15.8 Å². The van der Waals surface area contributed by atoms with E-state index in [-0.39, 0.29) is 0 Å². The lowest BCUT2D eigenvalue weighted by molar-refractivity contribution is 0.231. The number of hydrogen-bond donors (Lipinski definition) is 0. The van der Waals surface area contributed by atoms with Crippen LogP contribution in [0.1, 0.15) is 31.0 Å². The molecule has 1 saturated heterocycles. The predicted octanol–water partition coefficient (Wildman–Crippen LogP) is 4.60. The summed E-state index contributed by atoms with van der Waals surface area (Å²) in [5.41, 5.74) is 4.61. The van der Waals surface area contributed by atoms with E-state index < -0.39 is 5.95 Å². The SMILES string of the molecule is [C-]#[N+]c1c(-c2cnn3c2OCCC3)ccc(-c2ccc(F)nc2)c1N1CCC(c2nncn2C)CC1. The molecule has 36 heavy (non-hydrogen) atoms. The van der Waals surface area contributed by atoms with Crippen molar-refractivity contribution in [1.29, 1.82) is 0 Å². The van der Waals surface area contributed by atoms with Crippen molar-refractivity contribution >= 4 is 11.4 Å². The van der Waals surface area contributed by atoms with Crippen LogP contribution in [0.2, 0.25) is 0 Å². The number of rotatable bonds is 4. The fourth-order valence-corrected chi connectivity index (χ4v) is 5.27. The molecule has 0 bridgehead atoms. The molecule has 0 N–H and O–H groups in total. The van der Waals surface area contributed by atoms with Gasteiger partial charge in [-0.15, -0.1) is 10.2 Å². The summed E-state index contributed by atoms with van der Waals surface area (Å²) in [7, 11) is 1.97. The van der Waals surface area contributed by atoms with Crippen LogP contribution < -0.4 is 9.64 Å². The van der Waals surface area contributed by atoms with Gasteiger partial charge in [0.15, 0.2) is 0 Å². The molecular weight excluding hydrogens is 459 g/mol. The number of aryl methyl sites for hydroxylation is 2. The van der Waals surface area contributed by atoms with E-state index in [4.69, 9.17) is 11.3 Å². The number of aromatic nitrogens is 6. The Bertz CT molecular complexity index is 1440. The van der Waals surface area contributed by atoms with Gasteiger partial charge in [0, 0.05) is 50.8 Å². The Morgan fingerprint density at radius 1 is 1.06 bits per heavy atom. The van der Waals surface area contributed by atoms with Crippen molar-refractivity contribution in [3.05, 3.63) is 66.2 Å². The van der Waals surface area contributed by atoms with E-state index in [0.717, 1.165) is 72.7 Å². The van der Waals surface area contributed by atoms with E-state index in [1.807, 2.05) is 28.4 Å². The van der Waals surface area contributed by atoms with E-state index in [0.29, 0.717) is 24.1 Å². The quantitative estimate of drug-likeness (QED) is 0.311. The molecule has 182 valence electrons. The first-order chi connectivity index (χ1) is 17.6. The van der Waals surface area contributed by atoms with E-state index in [1.54, 1.807) is 18.6 Å². The van der Waals surface area contributed by atoms with Gasteiger partial charge in [-0.25, -0.2) is 14.5 Å². The molecular formula is C26H25FN8O. The fraction of sp³-hybridized carbons (Fsp3) is 0.346. The molecule has 2 aliphatic rings. The van der Waals surface area contributed by atoms with Crippen LogP contribution in [0.5, 0.6) is 5.88 Å².